The summed E-state index contributed by atoms with van der Waals surface area (Å²) in [5.41, 5.74) is 9.93. The van der Waals surface area contributed by atoms with Crippen molar-refractivity contribution in [3.63, 3.8) is 0 Å². The van der Waals surface area contributed by atoms with E-state index in [1.165, 1.54) is 22.3 Å². The summed E-state index contributed by atoms with van der Waals surface area (Å²) < 4.78 is 11.5. The summed E-state index contributed by atoms with van der Waals surface area (Å²) >= 11 is 29.4. The van der Waals surface area contributed by atoms with Gasteiger partial charge in [0.05, 0.1) is 39.9 Å². The number of carbonyl (C=O) groups is 1. The maximum absolute atomic E-state index is 11.3. The van der Waals surface area contributed by atoms with Crippen molar-refractivity contribution < 1.29 is 19.4 Å². The van der Waals surface area contributed by atoms with E-state index < -0.39 is 6.10 Å². The Hall–Kier alpha value is -5.91. The summed E-state index contributed by atoms with van der Waals surface area (Å²) in [5.74, 6) is 1.88. The summed E-state index contributed by atoms with van der Waals surface area (Å²) in [7, 11) is 3.23. The van der Waals surface area contributed by atoms with Crippen LogP contribution < -0.4 is 19.3 Å². The molecule has 0 amide bonds. The average Bonchev–Trinajstić information content (AvgIpc) is 3.39. The van der Waals surface area contributed by atoms with Crippen molar-refractivity contribution in [3.05, 3.63) is 245 Å². The van der Waals surface area contributed by atoms with Crippen LogP contribution in [0, 0.1) is 0 Å². The monoisotopic (exact) mass is 1120 g/mol. The van der Waals surface area contributed by atoms with Crippen LogP contribution in [0.1, 0.15) is 101 Å². The molecule has 0 aliphatic heterocycles. The molecule has 13 heteroatoms. The SMILES string of the molecule is COc1ncc(Br)cc1C(C)C.COc1ncc(C(O)c2c(Cl)cc(N(Cc3ccccc3)Cc3ccccc3)cc2Cl)cc1C(C)C.O=Cc1c(Cl)cc(N(Cc2ccccc2)Cc2ccccc2)cc1Cl. The molecule has 0 spiro atoms. The first kappa shape index (κ1) is 56.4. The molecular weight excluding hydrogens is 1060 g/mol. The van der Waals surface area contributed by atoms with Crippen molar-refractivity contribution in [2.45, 2.75) is 71.8 Å². The molecule has 0 aliphatic rings. The van der Waals surface area contributed by atoms with Crippen molar-refractivity contribution in [2.75, 3.05) is 24.0 Å². The lowest BCUT2D eigenvalue weighted by Crippen LogP contribution is -2.22. The Morgan fingerprint density at radius 1 is 0.534 bits per heavy atom. The highest BCUT2D eigenvalue weighted by molar-refractivity contribution is 9.10. The van der Waals surface area contributed by atoms with E-state index in [0.29, 0.717) is 86.9 Å². The molecule has 6 aromatic carbocycles. The van der Waals surface area contributed by atoms with E-state index in [2.05, 4.69) is 112 Å². The normalized spacial score (nSPS) is 11.2. The van der Waals surface area contributed by atoms with E-state index in [4.69, 9.17) is 55.9 Å². The lowest BCUT2D eigenvalue weighted by molar-refractivity contribution is 0.112. The van der Waals surface area contributed by atoms with Gasteiger partial charge in [0.15, 0.2) is 6.29 Å². The molecule has 2 aromatic heterocycles. The van der Waals surface area contributed by atoms with Crippen LogP contribution in [-0.4, -0.2) is 35.6 Å². The molecule has 0 aliphatic carbocycles. The van der Waals surface area contributed by atoms with Crippen LogP contribution in [0.25, 0.3) is 0 Å². The van der Waals surface area contributed by atoms with E-state index in [0.717, 1.165) is 27.0 Å². The molecule has 73 heavy (non-hydrogen) atoms. The average molecular weight is 1120 g/mol. The standard InChI is InChI=1S/C30H30Cl2N2O2.C21H17Cl2NO.C9H12BrNO/c1-20(2)25-14-23(17-33-30(25)36-3)29(35)28-26(31)15-24(16-27(28)32)34(18-21-10-6-4-7-11-21)19-22-12-8-5-9-13-22;22-20-11-18(12-21(23)19(20)15-25)24(13-16-7-3-1-4-8-16)14-17-9-5-2-6-10-17;1-6(2)8-4-7(10)5-11-9(8)12-3/h4-17,20,29,35H,18-19H2,1-3H3;1-12,15H,13-14H2;4-6H,1-3H3. The highest BCUT2D eigenvalue weighted by atomic mass is 79.9. The van der Waals surface area contributed by atoms with Gasteiger partial charge in [-0.15, -0.1) is 0 Å². The number of halogens is 5. The summed E-state index contributed by atoms with van der Waals surface area (Å²) in [6.45, 7) is 11.1. The Morgan fingerprint density at radius 3 is 1.22 bits per heavy atom. The van der Waals surface area contributed by atoms with Crippen molar-refractivity contribution in [1.29, 1.82) is 0 Å². The zero-order valence-corrected chi connectivity index (χ0v) is 46.3. The number of rotatable bonds is 17. The second-order valence-electron chi connectivity index (χ2n) is 17.7. The first-order valence-electron chi connectivity index (χ1n) is 23.7. The number of hydrogen-bond acceptors (Lipinski definition) is 8. The van der Waals surface area contributed by atoms with Gasteiger partial charge in [0.1, 0.15) is 6.10 Å². The quantitative estimate of drug-likeness (QED) is 0.0903. The Kier molecular flexibility index (Phi) is 21.6. The van der Waals surface area contributed by atoms with Crippen LogP contribution in [0.4, 0.5) is 11.4 Å². The van der Waals surface area contributed by atoms with Gasteiger partial charge < -0.3 is 24.4 Å². The van der Waals surface area contributed by atoms with Crippen LogP contribution in [-0.2, 0) is 26.2 Å². The van der Waals surface area contributed by atoms with Crippen molar-refractivity contribution in [1.82, 2.24) is 9.97 Å². The zero-order chi connectivity index (χ0) is 52.4. The van der Waals surface area contributed by atoms with Gasteiger partial charge in [0.2, 0.25) is 11.8 Å². The fraction of sp³-hybridized carbons (Fsp3) is 0.217. The van der Waals surface area contributed by atoms with Crippen molar-refractivity contribution in [3.8, 4) is 11.8 Å². The number of ether oxygens (including phenoxy) is 2. The van der Waals surface area contributed by atoms with Crippen LogP contribution in [0.5, 0.6) is 11.8 Å². The van der Waals surface area contributed by atoms with E-state index in [1.807, 2.05) is 97.1 Å². The van der Waals surface area contributed by atoms with Crippen LogP contribution in [0.15, 0.2) is 175 Å². The minimum Gasteiger partial charge on any atom is -0.481 e. The van der Waals surface area contributed by atoms with Gasteiger partial charge in [-0.3, -0.25) is 4.79 Å². The molecule has 1 N–H and O–H groups in total. The molecule has 378 valence electrons. The number of hydrogen-bond donors (Lipinski definition) is 1. The molecule has 8 nitrogen and oxygen atoms in total. The molecule has 8 aromatic rings. The Labute approximate surface area is 458 Å². The number of aliphatic hydroxyl groups is 1. The molecular formula is C60H59BrCl4N4O4. The van der Waals surface area contributed by atoms with E-state index in [-0.39, 0.29) is 5.92 Å². The minimum absolute atomic E-state index is 0.178. The number of carbonyl (C=O) groups excluding carboxylic acids is 1. The highest BCUT2D eigenvalue weighted by Gasteiger charge is 2.23. The molecule has 0 radical (unpaired) electrons. The fourth-order valence-corrected chi connectivity index (χ4v) is 9.58. The molecule has 0 fully saturated rings. The molecule has 8 rings (SSSR count). The highest BCUT2D eigenvalue weighted by Crippen LogP contribution is 2.40. The van der Waals surface area contributed by atoms with E-state index >= 15 is 0 Å². The predicted octanol–water partition coefficient (Wildman–Crippen LogP) is 16.8. The third kappa shape index (κ3) is 16.0. The van der Waals surface area contributed by atoms with Gasteiger partial charge in [0.25, 0.3) is 0 Å². The number of aliphatic hydroxyl groups excluding tert-OH is 1. The van der Waals surface area contributed by atoms with E-state index in [1.54, 1.807) is 38.7 Å². The van der Waals surface area contributed by atoms with Crippen LogP contribution in [0.2, 0.25) is 20.1 Å². The number of aromatic nitrogens is 2. The van der Waals surface area contributed by atoms with E-state index in [9.17, 15) is 9.90 Å². The lowest BCUT2D eigenvalue weighted by Gasteiger charge is -2.27. The fourth-order valence-electron chi connectivity index (χ4n) is 7.99. The molecule has 0 saturated carbocycles. The smallest absolute Gasteiger partial charge is 0.216 e. The second-order valence-corrected chi connectivity index (χ2v) is 20.3. The largest absolute Gasteiger partial charge is 0.481 e. The molecule has 2 heterocycles. The van der Waals surface area contributed by atoms with Gasteiger partial charge >= 0.3 is 0 Å². The zero-order valence-electron chi connectivity index (χ0n) is 41.7. The van der Waals surface area contributed by atoms with Gasteiger partial charge in [-0.1, -0.05) is 195 Å². The third-order valence-corrected chi connectivity index (χ3v) is 13.5. The van der Waals surface area contributed by atoms with Crippen LogP contribution in [0.3, 0.4) is 0 Å². The first-order valence-corrected chi connectivity index (χ1v) is 26.0. The first-order chi connectivity index (χ1) is 35.2. The minimum atomic E-state index is -1.02. The maximum atomic E-state index is 11.3. The molecule has 0 saturated heterocycles. The Bertz CT molecular complexity index is 2880. The lowest BCUT2D eigenvalue weighted by atomic mass is 9.97. The number of anilines is 2. The summed E-state index contributed by atoms with van der Waals surface area (Å²) in [5, 5.41) is 12.8. The second kappa shape index (κ2) is 28.0. The number of aldehydes is 1. The van der Waals surface area contributed by atoms with Gasteiger partial charge in [0, 0.05) is 76.7 Å². The topological polar surface area (TPSA) is 88.0 Å². The predicted molar refractivity (Wildman–Crippen MR) is 305 cm³/mol. The molecule has 1 atom stereocenters. The number of nitrogens with zero attached hydrogens (tertiary/aromatic N) is 4. The van der Waals surface area contributed by atoms with Gasteiger partial charge in [-0.25, -0.2) is 9.97 Å². The third-order valence-electron chi connectivity index (χ3n) is 11.8. The number of benzene rings is 6. The number of methoxy groups -OCH3 is 2. The summed E-state index contributed by atoms with van der Waals surface area (Å²) in [6.07, 6.45) is 3.01. The number of pyridine rings is 2. The molecule has 0 bridgehead atoms. The van der Waals surface area contributed by atoms with Crippen molar-refractivity contribution in [2.24, 2.45) is 0 Å². The van der Waals surface area contributed by atoms with Gasteiger partial charge in [-0.2, -0.15) is 0 Å². The Morgan fingerprint density at radius 2 is 0.877 bits per heavy atom. The maximum Gasteiger partial charge on any atom is 0.216 e. The van der Waals surface area contributed by atoms with Crippen LogP contribution >= 0.6 is 62.3 Å². The summed E-state index contributed by atoms with van der Waals surface area (Å²) in [4.78, 5) is 24.1. The Balaban J connectivity index is 0.000000202. The van der Waals surface area contributed by atoms with Gasteiger partial charge in [-0.05, 0) is 86.4 Å². The molecule has 1 unspecified atom stereocenters. The summed E-state index contributed by atoms with van der Waals surface area (Å²) in [6, 6.07) is 52.2. The van der Waals surface area contributed by atoms with Crippen molar-refractivity contribution >= 4 is 80.0 Å².